The van der Waals surface area contributed by atoms with E-state index in [1.807, 2.05) is 0 Å². The number of halogens is 1. The van der Waals surface area contributed by atoms with E-state index in [2.05, 4.69) is 9.71 Å². The largest absolute Gasteiger partial charge is 0.379 e. The third kappa shape index (κ3) is 4.34. The van der Waals surface area contributed by atoms with E-state index in [1.165, 1.54) is 6.20 Å². The standard InChI is InChI=1S/C8H13ClN2O3S2/c1-7-10-6-8(15-7)16(12,13)11-3-5-14-4-2-9/h6,11H,2-5H2,1H3. The number of aromatic nitrogens is 1. The molecule has 0 aliphatic rings. The molecule has 0 aliphatic carbocycles. The summed E-state index contributed by atoms with van der Waals surface area (Å²) < 4.78 is 31.0. The smallest absolute Gasteiger partial charge is 0.251 e. The van der Waals surface area contributed by atoms with Gasteiger partial charge >= 0.3 is 0 Å². The lowest BCUT2D eigenvalue weighted by molar-refractivity contribution is 0.155. The highest BCUT2D eigenvalue weighted by molar-refractivity contribution is 7.91. The van der Waals surface area contributed by atoms with Crippen LogP contribution in [0.4, 0.5) is 0 Å². The average molecular weight is 285 g/mol. The number of alkyl halides is 1. The second-order valence-electron chi connectivity index (χ2n) is 2.90. The molecule has 16 heavy (non-hydrogen) atoms. The Labute approximate surface area is 104 Å². The van der Waals surface area contributed by atoms with Crippen LogP contribution in [-0.4, -0.2) is 39.0 Å². The topological polar surface area (TPSA) is 68.3 Å². The average Bonchev–Trinajstić information content (AvgIpc) is 2.65. The first-order chi connectivity index (χ1) is 7.56. The quantitative estimate of drug-likeness (QED) is 0.599. The summed E-state index contributed by atoms with van der Waals surface area (Å²) in [7, 11) is -3.43. The first kappa shape index (κ1) is 13.9. The van der Waals surface area contributed by atoms with Crippen molar-refractivity contribution in [3.8, 4) is 0 Å². The number of nitrogens with zero attached hydrogens (tertiary/aromatic N) is 1. The summed E-state index contributed by atoms with van der Waals surface area (Å²) in [5.74, 6) is 0.404. The van der Waals surface area contributed by atoms with Gasteiger partial charge in [0.25, 0.3) is 10.0 Å². The van der Waals surface area contributed by atoms with Gasteiger partial charge in [-0.05, 0) is 6.92 Å². The second kappa shape index (κ2) is 6.51. The van der Waals surface area contributed by atoms with Crippen molar-refractivity contribution in [1.82, 2.24) is 9.71 Å². The normalized spacial score (nSPS) is 11.9. The highest BCUT2D eigenvalue weighted by atomic mass is 35.5. The lowest BCUT2D eigenvalue weighted by Gasteiger charge is -2.04. The van der Waals surface area contributed by atoms with Gasteiger partial charge in [-0.25, -0.2) is 18.1 Å². The van der Waals surface area contributed by atoms with E-state index < -0.39 is 10.0 Å². The zero-order valence-corrected chi connectivity index (χ0v) is 11.2. The predicted molar refractivity (Wildman–Crippen MR) is 63.6 cm³/mol. The Balaban J connectivity index is 2.41. The zero-order chi connectivity index (χ0) is 12.0. The van der Waals surface area contributed by atoms with Gasteiger partial charge in [-0.2, -0.15) is 0 Å². The number of rotatable bonds is 7. The molecule has 1 aromatic rings. The number of thiazole rings is 1. The van der Waals surface area contributed by atoms with Gasteiger partial charge < -0.3 is 4.74 Å². The Morgan fingerprint density at radius 2 is 2.31 bits per heavy atom. The molecule has 1 heterocycles. The number of nitrogens with one attached hydrogen (secondary N) is 1. The van der Waals surface area contributed by atoms with Crippen LogP contribution in [0, 0.1) is 6.92 Å². The molecule has 1 rings (SSSR count). The minimum Gasteiger partial charge on any atom is -0.379 e. The molecule has 0 spiro atoms. The van der Waals surface area contributed by atoms with Gasteiger partial charge in [-0.1, -0.05) is 0 Å². The molecule has 0 saturated heterocycles. The molecule has 8 heteroatoms. The van der Waals surface area contributed by atoms with Crippen LogP contribution in [0.1, 0.15) is 5.01 Å². The van der Waals surface area contributed by atoms with Gasteiger partial charge in [0.1, 0.15) is 0 Å². The number of aryl methyl sites for hydroxylation is 1. The number of ether oxygens (including phenoxy) is 1. The van der Waals surface area contributed by atoms with Crippen molar-refractivity contribution in [1.29, 1.82) is 0 Å². The summed E-state index contributed by atoms with van der Waals surface area (Å²) in [6, 6.07) is 0. The van der Waals surface area contributed by atoms with E-state index in [0.717, 1.165) is 16.3 Å². The molecule has 92 valence electrons. The molecular formula is C8H13ClN2O3S2. The molecule has 0 aromatic carbocycles. The first-order valence-corrected chi connectivity index (χ1v) is 7.45. The number of hydrogen-bond donors (Lipinski definition) is 1. The molecule has 1 aromatic heterocycles. The van der Waals surface area contributed by atoms with Gasteiger partial charge in [0.2, 0.25) is 0 Å². The molecular weight excluding hydrogens is 272 g/mol. The van der Waals surface area contributed by atoms with Crippen molar-refractivity contribution in [3.63, 3.8) is 0 Å². The third-order valence-electron chi connectivity index (χ3n) is 1.62. The van der Waals surface area contributed by atoms with Crippen LogP contribution in [0.2, 0.25) is 0 Å². The van der Waals surface area contributed by atoms with E-state index in [1.54, 1.807) is 6.92 Å². The van der Waals surface area contributed by atoms with E-state index in [9.17, 15) is 8.42 Å². The molecule has 0 radical (unpaired) electrons. The van der Waals surface area contributed by atoms with E-state index in [0.29, 0.717) is 19.1 Å². The van der Waals surface area contributed by atoms with Gasteiger partial charge in [-0.3, -0.25) is 0 Å². The summed E-state index contributed by atoms with van der Waals surface area (Å²) in [5, 5.41) is 0.721. The highest BCUT2D eigenvalue weighted by Gasteiger charge is 2.15. The summed E-state index contributed by atoms with van der Waals surface area (Å²) in [5.41, 5.74) is 0. The van der Waals surface area contributed by atoms with Crippen molar-refractivity contribution in [2.45, 2.75) is 11.1 Å². The van der Waals surface area contributed by atoms with Crippen molar-refractivity contribution >= 4 is 33.0 Å². The van der Waals surface area contributed by atoms with Crippen LogP contribution in [0.15, 0.2) is 10.4 Å². The monoisotopic (exact) mass is 284 g/mol. The summed E-state index contributed by atoms with van der Waals surface area (Å²) in [4.78, 5) is 3.89. The maximum Gasteiger partial charge on any atom is 0.251 e. The minimum absolute atomic E-state index is 0.224. The van der Waals surface area contributed by atoms with E-state index >= 15 is 0 Å². The van der Waals surface area contributed by atoms with Crippen LogP contribution >= 0.6 is 22.9 Å². The Hall–Kier alpha value is -0.210. The Kier molecular flexibility index (Phi) is 5.63. The van der Waals surface area contributed by atoms with Crippen molar-refractivity contribution < 1.29 is 13.2 Å². The molecule has 0 atom stereocenters. The van der Waals surface area contributed by atoms with Crippen LogP contribution in [0.5, 0.6) is 0 Å². The van der Waals surface area contributed by atoms with Crippen LogP contribution in [-0.2, 0) is 14.8 Å². The minimum atomic E-state index is -3.43. The SMILES string of the molecule is Cc1ncc(S(=O)(=O)NCCOCCCl)s1. The van der Waals surface area contributed by atoms with Crippen LogP contribution in [0.3, 0.4) is 0 Å². The Morgan fingerprint density at radius 3 is 2.88 bits per heavy atom. The Bertz CT molecular complexity index is 419. The van der Waals surface area contributed by atoms with E-state index in [-0.39, 0.29) is 10.8 Å². The van der Waals surface area contributed by atoms with Crippen molar-refractivity contribution in [2.24, 2.45) is 0 Å². The van der Waals surface area contributed by atoms with Crippen molar-refractivity contribution in [2.75, 3.05) is 25.6 Å². The van der Waals surface area contributed by atoms with Gasteiger partial charge in [0.05, 0.1) is 24.4 Å². The maximum absolute atomic E-state index is 11.7. The first-order valence-electron chi connectivity index (χ1n) is 4.62. The summed E-state index contributed by atoms with van der Waals surface area (Å²) in [6.45, 7) is 2.72. The van der Waals surface area contributed by atoms with Gasteiger partial charge in [-0.15, -0.1) is 22.9 Å². The molecule has 0 bridgehead atoms. The molecule has 0 saturated carbocycles. The van der Waals surface area contributed by atoms with Crippen molar-refractivity contribution in [3.05, 3.63) is 11.2 Å². The Morgan fingerprint density at radius 1 is 1.56 bits per heavy atom. The van der Waals surface area contributed by atoms with Crippen LogP contribution in [0.25, 0.3) is 0 Å². The summed E-state index contributed by atoms with van der Waals surface area (Å²) in [6.07, 6.45) is 1.35. The van der Waals surface area contributed by atoms with Crippen LogP contribution < -0.4 is 4.72 Å². The third-order valence-corrected chi connectivity index (χ3v) is 4.61. The lowest BCUT2D eigenvalue weighted by Crippen LogP contribution is -2.27. The molecule has 0 amide bonds. The fourth-order valence-corrected chi connectivity index (χ4v) is 3.22. The predicted octanol–water partition coefficient (Wildman–Crippen LogP) is 0.985. The molecule has 0 unspecified atom stereocenters. The number of sulfonamides is 1. The summed E-state index contributed by atoms with van der Waals surface area (Å²) >= 11 is 6.54. The molecule has 0 aliphatic heterocycles. The fourth-order valence-electron chi connectivity index (χ4n) is 0.942. The zero-order valence-electron chi connectivity index (χ0n) is 8.77. The highest BCUT2D eigenvalue weighted by Crippen LogP contribution is 2.16. The maximum atomic E-state index is 11.7. The molecule has 0 fully saturated rings. The van der Waals surface area contributed by atoms with Gasteiger partial charge in [0.15, 0.2) is 4.21 Å². The van der Waals surface area contributed by atoms with Gasteiger partial charge in [0, 0.05) is 12.4 Å². The second-order valence-corrected chi connectivity index (χ2v) is 6.50. The van der Waals surface area contributed by atoms with E-state index in [4.69, 9.17) is 16.3 Å². The number of hydrogen-bond acceptors (Lipinski definition) is 5. The molecule has 1 N–H and O–H groups in total. The lowest BCUT2D eigenvalue weighted by atomic mass is 10.7. The molecule has 5 nitrogen and oxygen atoms in total. The fraction of sp³-hybridized carbons (Fsp3) is 0.625.